The molecular formula is C19H24N2O2. The average molecular weight is 312 g/mol. The molecule has 0 atom stereocenters. The molecule has 0 radical (unpaired) electrons. The van der Waals surface area contributed by atoms with Crippen LogP contribution in [-0.4, -0.2) is 27.7 Å². The van der Waals surface area contributed by atoms with Gasteiger partial charge in [0.05, 0.1) is 5.69 Å². The fourth-order valence-corrected chi connectivity index (χ4v) is 3.33. The molecule has 1 saturated heterocycles. The first-order valence-electron chi connectivity index (χ1n) is 8.33. The second kappa shape index (κ2) is 7.01. The maximum absolute atomic E-state index is 12.0. The summed E-state index contributed by atoms with van der Waals surface area (Å²) in [6.07, 6.45) is 3.28. The third kappa shape index (κ3) is 3.64. The topological polar surface area (TPSA) is 45.5 Å². The van der Waals surface area contributed by atoms with Crippen molar-refractivity contribution in [3.8, 4) is 5.75 Å². The number of aromatic hydroxyl groups is 1. The molecule has 1 fully saturated rings. The van der Waals surface area contributed by atoms with Gasteiger partial charge in [0.15, 0.2) is 5.75 Å². The standard InChI is InChI=1S/C19H24N2O2/c1-15-13-18(22)19(23)17(14-20-10-5-6-11-20)21(15)12-9-16-7-3-2-4-8-16/h2-4,7-8,13,23H,5-6,9-12,14H2,1H3. The zero-order valence-corrected chi connectivity index (χ0v) is 13.7. The highest BCUT2D eigenvalue weighted by Crippen LogP contribution is 2.20. The van der Waals surface area contributed by atoms with Gasteiger partial charge in [-0.05, 0) is 44.8 Å². The van der Waals surface area contributed by atoms with Crippen molar-refractivity contribution in [2.45, 2.75) is 39.3 Å². The molecule has 1 N–H and O–H groups in total. The molecule has 2 aromatic rings. The highest BCUT2D eigenvalue weighted by Gasteiger charge is 2.18. The first-order chi connectivity index (χ1) is 11.1. The van der Waals surface area contributed by atoms with Crippen LogP contribution in [0.15, 0.2) is 41.2 Å². The number of aryl methyl sites for hydroxylation is 2. The summed E-state index contributed by atoms with van der Waals surface area (Å²) in [5.41, 5.74) is 2.66. The van der Waals surface area contributed by atoms with E-state index in [0.717, 1.165) is 37.4 Å². The highest BCUT2D eigenvalue weighted by molar-refractivity contribution is 5.30. The van der Waals surface area contributed by atoms with E-state index in [2.05, 4.69) is 21.6 Å². The number of hydrogen-bond donors (Lipinski definition) is 1. The summed E-state index contributed by atoms with van der Waals surface area (Å²) in [6, 6.07) is 11.8. The van der Waals surface area contributed by atoms with Crippen LogP contribution in [0, 0.1) is 6.92 Å². The van der Waals surface area contributed by atoms with Gasteiger partial charge >= 0.3 is 0 Å². The van der Waals surface area contributed by atoms with Crippen molar-refractivity contribution >= 4 is 0 Å². The van der Waals surface area contributed by atoms with Crippen LogP contribution in [-0.2, 0) is 19.5 Å². The van der Waals surface area contributed by atoms with Crippen molar-refractivity contribution in [1.29, 1.82) is 0 Å². The van der Waals surface area contributed by atoms with E-state index in [1.807, 2.05) is 25.1 Å². The predicted octanol–water partition coefficient (Wildman–Crippen LogP) is 2.70. The minimum atomic E-state index is -0.271. The maximum atomic E-state index is 12.0. The predicted molar refractivity (Wildman–Crippen MR) is 91.8 cm³/mol. The lowest BCUT2D eigenvalue weighted by Gasteiger charge is -2.22. The van der Waals surface area contributed by atoms with Gasteiger partial charge < -0.3 is 9.67 Å². The van der Waals surface area contributed by atoms with Crippen molar-refractivity contribution in [2.75, 3.05) is 13.1 Å². The van der Waals surface area contributed by atoms with Gasteiger partial charge in [-0.15, -0.1) is 0 Å². The monoisotopic (exact) mass is 312 g/mol. The molecule has 122 valence electrons. The molecule has 4 heteroatoms. The molecule has 0 unspecified atom stereocenters. The normalized spacial score (nSPS) is 15.2. The lowest BCUT2D eigenvalue weighted by atomic mass is 10.1. The van der Waals surface area contributed by atoms with E-state index in [-0.39, 0.29) is 11.2 Å². The van der Waals surface area contributed by atoms with Gasteiger partial charge in [-0.3, -0.25) is 9.69 Å². The zero-order valence-electron chi connectivity index (χ0n) is 13.7. The number of benzene rings is 1. The summed E-state index contributed by atoms with van der Waals surface area (Å²) in [6.45, 7) is 5.45. The molecule has 1 aromatic carbocycles. The van der Waals surface area contributed by atoms with Gasteiger partial charge in [-0.1, -0.05) is 30.3 Å². The van der Waals surface area contributed by atoms with Crippen molar-refractivity contribution < 1.29 is 5.11 Å². The minimum absolute atomic E-state index is 0.0874. The summed E-state index contributed by atoms with van der Waals surface area (Å²) in [7, 11) is 0. The third-order valence-corrected chi connectivity index (χ3v) is 4.64. The molecule has 4 nitrogen and oxygen atoms in total. The van der Waals surface area contributed by atoms with Crippen LogP contribution in [0.25, 0.3) is 0 Å². The number of aromatic nitrogens is 1. The van der Waals surface area contributed by atoms with Crippen LogP contribution < -0.4 is 5.43 Å². The maximum Gasteiger partial charge on any atom is 0.223 e. The van der Waals surface area contributed by atoms with Gasteiger partial charge in [0.25, 0.3) is 0 Å². The fraction of sp³-hybridized carbons (Fsp3) is 0.421. The Balaban J connectivity index is 1.87. The Kier molecular flexibility index (Phi) is 4.82. The third-order valence-electron chi connectivity index (χ3n) is 4.64. The highest BCUT2D eigenvalue weighted by atomic mass is 16.3. The van der Waals surface area contributed by atoms with E-state index in [1.54, 1.807) is 0 Å². The second-order valence-corrected chi connectivity index (χ2v) is 6.32. The molecule has 0 saturated carbocycles. The first-order valence-corrected chi connectivity index (χ1v) is 8.33. The fourth-order valence-electron chi connectivity index (χ4n) is 3.33. The van der Waals surface area contributed by atoms with Crippen molar-refractivity contribution in [3.63, 3.8) is 0 Å². The Morgan fingerprint density at radius 3 is 2.52 bits per heavy atom. The molecule has 0 bridgehead atoms. The number of pyridine rings is 1. The Morgan fingerprint density at radius 2 is 1.83 bits per heavy atom. The molecule has 1 aromatic heterocycles. The lowest BCUT2D eigenvalue weighted by molar-refractivity contribution is 0.309. The van der Waals surface area contributed by atoms with E-state index >= 15 is 0 Å². The lowest BCUT2D eigenvalue weighted by Crippen LogP contribution is -2.25. The molecule has 3 rings (SSSR count). The second-order valence-electron chi connectivity index (χ2n) is 6.32. The summed E-state index contributed by atoms with van der Waals surface area (Å²) in [5, 5.41) is 10.3. The van der Waals surface area contributed by atoms with Crippen LogP contribution in [0.1, 0.15) is 29.8 Å². The average Bonchev–Trinajstić information content (AvgIpc) is 3.06. The van der Waals surface area contributed by atoms with Gasteiger partial charge in [-0.2, -0.15) is 0 Å². The Hall–Kier alpha value is -2.07. The number of hydrogen-bond acceptors (Lipinski definition) is 3. The summed E-state index contributed by atoms with van der Waals surface area (Å²) in [5.74, 6) is -0.0874. The van der Waals surface area contributed by atoms with E-state index in [1.165, 1.54) is 24.5 Å². The molecule has 0 aliphatic carbocycles. The van der Waals surface area contributed by atoms with Crippen LogP contribution in [0.3, 0.4) is 0 Å². The summed E-state index contributed by atoms with van der Waals surface area (Å²) < 4.78 is 2.10. The molecule has 23 heavy (non-hydrogen) atoms. The van der Waals surface area contributed by atoms with Gasteiger partial charge in [0, 0.05) is 24.8 Å². The quantitative estimate of drug-likeness (QED) is 0.923. The van der Waals surface area contributed by atoms with Crippen LogP contribution >= 0.6 is 0 Å². The molecule has 1 aliphatic heterocycles. The SMILES string of the molecule is Cc1cc(=O)c(O)c(CN2CCCC2)n1CCc1ccccc1. The molecule has 0 spiro atoms. The van der Waals surface area contributed by atoms with Crippen molar-refractivity contribution in [2.24, 2.45) is 0 Å². The number of rotatable bonds is 5. The van der Waals surface area contributed by atoms with Gasteiger partial charge in [0.2, 0.25) is 5.43 Å². The Bertz CT molecular complexity index is 716. The largest absolute Gasteiger partial charge is 0.503 e. The molecule has 1 aliphatic rings. The van der Waals surface area contributed by atoms with Crippen LogP contribution in [0.2, 0.25) is 0 Å². The minimum Gasteiger partial charge on any atom is -0.503 e. The molecular weight excluding hydrogens is 288 g/mol. The Morgan fingerprint density at radius 1 is 1.13 bits per heavy atom. The smallest absolute Gasteiger partial charge is 0.223 e. The van der Waals surface area contributed by atoms with E-state index in [4.69, 9.17) is 0 Å². The molecule has 0 amide bonds. The number of nitrogens with zero attached hydrogens (tertiary/aromatic N) is 2. The van der Waals surface area contributed by atoms with Crippen LogP contribution in [0.4, 0.5) is 0 Å². The number of likely N-dealkylation sites (tertiary alicyclic amines) is 1. The van der Waals surface area contributed by atoms with Crippen LogP contribution in [0.5, 0.6) is 5.75 Å². The van der Waals surface area contributed by atoms with Gasteiger partial charge in [0.1, 0.15) is 0 Å². The van der Waals surface area contributed by atoms with E-state index in [9.17, 15) is 9.90 Å². The molecule has 2 heterocycles. The van der Waals surface area contributed by atoms with Crippen molar-refractivity contribution in [1.82, 2.24) is 9.47 Å². The summed E-state index contributed by atoms with van der Waals surface area (Å²) in [4.78, 5) is 14.3. The van der Waals surface area contributed by atoms with E-state index < -0.39 is 0 Å². The Labute approximate surface area is 137 Å². The first kappa shape index (κ1) is 15.8. The zero-order chi connectivity index (χ0) is 16.2. The van der Waals surface area contributed by atoms with Crippen molar-refractivity contribution in [3.05, 3.63) is 63.6 Å². The summed E-state index contributed by atoms with van der Waals surface area (Å²) >= 11 is 0. The van der Waals surface area contributed by atoms with E-state index in [0.29, 0.717) is 6.54 Å². The van der Waals surface area contributed by atoms with Gasteiger partial charge in [-0.25, -0.2) is 0 Å².